The third kappa shape index (κ3) is 7.24. The van der Waals surface area contributed by atoms with Crippen LogP contribution in [-0.4, -0.2) is 49.7 Å². The molecule has 0 aromatic heterocycles. The van der Waals surface area contributed by atoms with Crippen molar-refractivity contribution in [3.05, 3.63) is 107 Å². The van der Waals surface area contributed by atoms with Crippen LogP contribution in [0.1, 0.15) is 37.4 Å². The highest BCUT2D eigenvalue weighted by molar-refractivity contribution is 5.95. The first-order valence-corrected chi connectivity index (χ1v) is 12.9. The maximum atomic E-state index is 13.0. The Morgan fingerprint density at radius 1 is 0.718 bits per heavy atom. The number of carbonyl (C=O) groups excluding carboxylic acids is 2. The zero-order valence-corrected chi connectivity index (χ0v) is 23.0. The topological polar surface area (TPSA) is 65.1 Å². The molecule has 0 saturated carbocycles. The van der Waals surface area contributed by atoms with Crippen molar-refractivity contribution in [1.82, 2.24) is 4.90 Å². The summed E-state index contributed by atoms with van der Waals surface area (Å²) in [5, 5.41) is 1.80. The Hall–Kier alpha value is -3.71. The van der Waals surface area contributed by atoms with Crippen LogP contribution in [0.4, 0.5) is 0 Å². The van der Waals surface area contributed by atoms with Gasteiger partial charge in [0, 0.05) is 19.6 Å². The van der Waals surface area contributed by atoms with Gasteiger partial charge < -0.3 is 14.2 Å². The summed E-state index contributed by atoms with van der Waals surface area (Å²) in [6.07, 6.45) is 0.901. The fourth-order valence-electron chi connectivity index (χ4n) is 4.43. The Morgan fingerprint density at radius 3 is 1.77 bits per heavy atom. The molecule has 0 atom stereocenters. The van der Waals surface area contributed by atoms with Crippen LogP contribution in [0.3, 0.4) is 0 Å². The lowest BCUT2D eigenvalue weighted by Crippen LogP contribution is -2.37. The molecule has 1 aliphatic heterocycles. The molecule has 0 unspecified atom stereocenters. The van der Waals surface area contributed by atoms with E-state index in [4.69, 9.17) is 14.2 Å². The molecule has 202 valence electrons. The molecule has 5 rings (SSSR count). The minimum absolute atomic E-state index is 0. The van der Waals surface area contributed by atoms with Crippen LogP contribution in [0.25, 0.3) is 10.8 Å². The van der Waals surface area contributed by atoms with Crippen molar-refractivity contribution >= 4 is 35.1 Å². The quantitative estimate of drug-likeness (QED) is 0.204. The third-order valence-corrected chi connectivity index (χ3v) is 6.77. The highest BCUT2D eigenvalue weighted by Gasteiger charge is 2.18. The van der Waals surface area contributed by atoms with Crippen LogP contribution >= 0.6 is 12.4 Å². The zero-order chi connectivity index (χ0) is 26.5. The van der Waals surface area contributed by atoms with Gasteiger partial charge in [-0.2, -0.15) is 0 Å². The monoisotopic (exact) mass is 545 g/mol. The summed E-state index contributed by atoms with van der Waals surface area (Å²) in [7, 11) is 0. The Morgan fingerprint density at radius 2 is 1.23 bits per heavy atom. The Kier molecular flexibility index (Phi) is 9.36. The molecule has 39 heavy (non-hydrogen) atoms. The van der Waals surface area contributed by atoms with Crippen molar-refractivity contribution < 1.29 is 23.8 Å². The number of nitrogens with zero attached hydrogens (tertiary/aromatic N) is 1. The van der Waals surface area contributed by atoms with E-state index >= 15 is 0 Å². The molecule has 1 aliphatic rings. The Balaban J connectivity index is 0.00000353. The van der Waals surface area contributed by atoms with Crippen molar-refractivity contribution in [2.24, 2.45) is 0 Å². The van der Waals surface area contributed by atoms with Gasteiger partial charge in [-0.25, -0.2) is 9.59 Å². The molecule has 0 spiro atoms. The van der Waals surface area contributed by atoms with Gasteiger partial charge in [0.25, 0.3) is 0 Å². The van der Waals surface area contributed by atoms with E-state index in [1.54, 1.807) is 36.4 Å². The molecule has 0 N–H and O–H groups in total. The zero-order valence-electron chi connectivity index (χ0n) is 22.1. The number of fused-ring (bicyclic) bond motifs is 1. The van der Waals surface area contributed by atoms with Gasteiger partial charge in [-0.1, -0.05) is 53.6 Å². The number of benzene rings is 4. The first-order chi connectivity index (χ1) is 18.4. The molecular weight excluding hydrogens is 514 g/mol. The lowest BCUT2D eigenvalue weighted by Gasteiger charge is -2.26. The smallest absolute Gasteiger partial charge is 0.343 e. The number of carbonyl (C=O) groups is 2. The lowest BCUT2D eigenvalue weighted by molar-refractivity contribution is 0.0384. The predicted octanol–water partition coefficient (Wildman–Crippen LogP) is 6.19. The van der Waals surface area contributed by atoms with E-state index in [1.807, 2.05) is 44.2 Å². The van der Waals surface area contributed by atoms with E-state index in [0.717, 1.165) is 61.2 Å². The summed E-state index contributed by atoms with van der Waals surface area (Å²) in [5.74, 6) is -0.627. The molecule has 6 nitrogen and oxygen atoms in total. The van der Waals surface area contributed by atoms with Gasteiger partial charge in [0.2, 0.25) is 0 Å². The second-order valence-electron chi connectivity index (χ2n) is 9.70. The van der Waals surface area contributed by atoms with Crippen molar-refractivity contribution in [1.29, 1.82) is 0 Å². The molecular formula is C32H32ClNO5. The molecule has 0 amide bonds. The van der Waals surface area contributed by atoms with E-state index in [2.05, 4.69) is 17.0 Å². The second kappa shape index (κ2) is 12.9. The number of morpholine rings is 1. The third-order valence-electron chi connectivity index (χ3n) is 6.77. The minimum Gasteiger partial charge on any atom is -0.419 e. The van der Waals surface area contributed by atoms with E-state index in [0.29, 0.717) is 11.1 Å². The highest BCUT2D eigenvalue weighted by atomic mass is 35.5. The van der Waals surface area contributed by atoms with Gasteiger partial charge in [0.05, 0.1) is 24.3 Å². The van der Waals surface area contributed by atoms with Crippen molar-refractivity contribution in [2.45, 2.75) is 20.3 Å². The molecule has 0 bridgehead atoms. The number of hydrogen-bond donors (Lipinski definition) is 0. The van der Waals surface area contributed by atoms with E-state index in [-0.39, 0.29) is 23.9 Å². The second-order valence-corrected chi connectivity index (χ2v) is 9.70. The summed E-state index contributed by atoms with van der Waals surface area (Å²) < 4.78 is 17.0. The van der Waals surface area contributed by atoms with Crippen LogP contribution in [0.15, 0.2) is 78.9 Å². The number of halogens is 1. The standard InChI is InChI=1S/C32H31NO5.ClH/c1-22-3-8-25(9-4-22)31(34)37-29-20-27-12-7-24(13-14-33-15-17-36-18-16-33)19-28(27)21-30(29)38-32(35)26-10-5-23(2)6-11-26;/h3-12,19-21H,13-18H2,1-2H3;1H. The van der Waals surface area contributed by atoms with Crippen LogP contribution in [-0.2, 0) is 11.2 Å². The summed E-state index contributed by atoms with van der Waals surface area (Å²) in [4.78, 5) is 28.3. The number of hydrogen-bond acceptors (Lipinski definition) is 6. The molecule has 4 aromatic rings. The van der Waals surface area contributed by atoms with Crippen LogP contribution < -0.4 is 9.47 Å². The fraction of sp³-hybridized carbons (Fsp3) is 0.250. The van der Waals surface area contributed by atoms with Gasteiger partial charge in [0.15, 0.2) is 11.5 Å². The summed E-state index contributed by atoms with van der Waals surface area (Å²) >= 11 is 0. The van der Waals surface area contributed by atoms with Crippen molar-refractivity contribution in [3.8, 4) is 11.5 Å². The fourth-order valence-corrected chi connectivity index (χ4v) is 4.43. The van der Waals surface area contributed by atoms with Gasteiger partial charge in [-0.15, -0.1) is 12.4 Å². The number of rotatable bonds is 7. The Bertz CT molecular complexity index is 1440. The van der Waals surface area contributed by atoms with Crippen LogP contribution in [0, 0.1) is 13.8 Å². The average molecular weight is 546 g/mol. The molecule has 1 saturated heterocycles. The van der Waals surface area contributed by atoms with Gasteiger partial charge in [0.1, 0.15) is 0 Å². The molecule has 0 aliphatic carbocycles. The van der Waals surface area contributed by atoms with E-state index < -0.39 is 11.9 Å². The van der Waals surface area contributed by atoms with E-state index in [9.17, 15) is 9.59 Å². The number of esters is 2. The van der Waals surface area contributed by atoms with Gasteiger partial charge in [-0.3, -0.25) is 4.90 Å². The maximum Gasteiger partial charge on any atom is 0.343 e. The minimum atomic E-state index is -0.515. The summed E-state index contributed by atoms with van der Waals surface area (Å²) in [6, 6.07) is 24.0. The lowest BCUT2D eigenvalue weighted by atomic mass is 10.0. The van der Waals surface area contributed by atoms with Crippen LogP contribution in [0.2, 0.25) is 0 Å². The first kappa shape index (κ1) is 28.3. The summed E-state index contributed by atoms with van der Waals surface area (Å²) in [5.41, 5.74) is 4.12. The number of aryl methyl sites for hydroxylation is 2. The first-order valence-electron chi connectivity index (χ1n) is 12.9. The Labute approximate surface area is 234 Å². The van der Waals surface area contributed by atoms with Gasteiger partial charge >= 0.3 is 11.9 Å². The predicted molar refractivity (Wildman–Crippen MR) is 154 cm³/mol. The molecule has 4 aromatic carbocycles. The van der Waals surface area contributed by atoms with Crippen LogP contribution in [0.5, 0.6) is 11.5 Å². The summed E-state index contributed by atoms with van der Waals surface area (Å²) in [6.45, 7) is 8.31. The van der Waals surface area contributed by atoms with E-state index in [1.165, 1.54) is 5.56 Å². The average Bonchev–Trinajstić information content (AvgIpc) is 2.93. The maximum absolute atomic E-state index is 13.0. The normalized spacial score (nSPS) is 13.5. The van der Waals surface area contributed by atoms with Crippen molar-refractivity contribution in [2.75, 3.05) is 32.8 Å². The molecule has 1 heterocycles. The molecule has 7 heteroatoms. The number of ether oxygens (including phenoxy) is 3. The largest absolute Gasteiger partial charge is 0.419 e. The van der Waals surface area contributed by atoms with Gasteiger partial charge in [-0.05, 0) is 73.0 Å². The van der Waals surface area contributed by atoms with Crippen molar-refractivity contribution in [3.63, 3.8) is 0 Å². The highest BCUT2D eigenvalue weighted by Crippen LogP contribution is 2.34. The molecule has 1 fully saturated rings. The molecule has 0 radical (unpaired) electrons. The SMILES string of the molecule is Cc1ccc(C(=O)Oc2cc3ccc(CCN4CCOCC4)cc3cc2OC(=O)c2ccc(C)cc2)cc1.Cl.